The van der Waals surface area contributed by atoms with Crippen molar-refractivity contribution in [3.63, 3.8) is 0 Å². The molecule has 0 saturated carbocycles. The average molecular weight is 508 g/mol. The molecule has 0 bridgehead atoms. The van der Waals surface area contributed by atoms with Crippen molar-refractivity contribution in [1.82, 2.24) is 15.2 Å². The molecule has 0 saturated heterocycles. The van der Waals surface area contributed by atoms with Crippen LogP contribution in [0.3, 0.4) is 0 Å². The van der Waals surface area contributed by atoms with Crippen LogP contribution in [0.5, 0.6) is 11.5 Å². The van der Waals surface area contributed by atoms with E-state index in [2.05, 4.69) is 24.9 Å². The highest BCUT2D eigenvalue weighted by atomic mass is 127. The van der Waals surface area contributed by atoms with Crippen molar-refractivity contribution in [3.05, 3.63) is 48.3 Å². The fourth-order valence-corrected chi connectivity index (χ4v) is 2.53. The Morgan fingerprint density at radius 2 is 1.93 bits per heavy atom. The third-order valence-electron chi connectivity index (χ3n) is 3.79. The van der Waals surface area contributed by atoms with Gasteiger partial charge in [-0.05, 0) is 43.2 Å². The summed E-state index contributed by atoms with van der Waals surface area (Å²) in [6, 6.07) is 8.98. The van der Waals surface area contributed by atoms with E-state index in [1.54, 1.807) is 12.1 Å². The molecule has 0 aliphatic carbocycles. The van der Waals surface area contributed by atoms with Crippen molar-refractivity contribution in [3.8, 4) is 11.5 Å². The highest BCUT2D eigenvalue weighted by Crippen LogP contribution is 2.29. The molecule has 0 aliphatic rings. The molecule has 1 aromatic carbocycles. The summed E-state index contributed by atoms with van der Waals surface area (Å²) in [5.74, 6) is 1.04. The van der Waals surface area contributed by atoms with Gasteiger partial charge in [-0.2, -0.15) is 8.78 Å². The van der Waals surface area contributed by atoms with Crippen molar-refractivity contribution in [2.75, 3.05) is 26.7 Å². The molecule has 28 heavy (non-hydrogen) atoms. The molecule has 2 aromatic rings. The smallest absolute Gasteiger partial charge is 0.387 e. The van der Waals surface area contributed by atoms with Crippen molar-refractivity contribution >= 4 is 29.9 Å². The van der Waals surface area contributed by atoms with Gasteiger partial charge in [0.25, 0.3) is 0 Å². The lowest BCUT2D eigenvalue weighted by molar-refractivity contribution is -0.0512. The first kappa shape index (κ1) is 24.0. The van der Waals surface area contributed by atoms with E-state index in [0.717, 1.165) is 31.2 Å². The normalized spacial score (nSPS) is 11.1. The molecule has 0 fully saturated rings. The molecule has 6 nitrogen and oxygen atoms in total. The van der Waals surface area contributed by atoms with Crippen LogP contribution < -0.4 is 20.1 Å². The van der Waals surface area contributed by atoms with Gasteiger partial charge in [-0.25, -0.2) is 0 Å². The third kappa shape index (κ3) is 8.32. The summed E-state index contributed by atoms with van der Waals surface area (Å²) < 4.78 is 36.7. The van der Waals surface area contributed by atoms with Crippen LogP contribution in [-0.4, -0.2) is 43.9 Å². The van der Waals surface area contributed by atoms with E-state index in [-0.39, 0.29) is 35.5 Å². The van der Waals surface area contributed by atoms with E-state index in [1.165, 1.54) is 7.11 Å². The van der Waals surface area contributed by atoms with Gasteiger partial charge in [-0.15, -0.1) is 24.0 Å². The molecule has 0 unspecified atom stereocenters. The Labute approximate surface area is 181 Å². The highest BCUT2D eigenvalue weighted by Gasteiger charge is 2.11. The number of aliphatic imine (C=N–C) groups is 1. The molecule has 1 aromatic heterocycles. The monoisotopic (exact) mass is 508 g/mol. The first-order valence-electron chi connectivity index (χ1n) is 8.87. The fourth-order valence-electron chi connectivity index (χ4n) is 2.53. The van der Waals surface area contributed by atoms with Gasteiger partial charge in [-0.1, -0.05) is 6.07 Å². The molecule has 9 heteroatoms. The van der Waals surface area contributed by atoms with Crippen LogP contribution in [0.2, 0.25) is 0 Å². The Kier molecular flexibility index (Phi) is 11.3. The summed E-state index contributed by atoms with van der Waals surface area (Å²) in [5.41, 5.74) is 0.846. The Morgan fingerprint density at radius 3 is 2.57 bits per heavy atom. The lowest BCUT2D eigenvalue weighted by Gasteiger charge is -2.13. The Balaban J connectivity index is 0.00000392. The second kappa shape index (κ2) is 13.2. The SMILES string of the molecule is CCNC(=NCCc1ccc(OC)c(OC(F)F)c1)NCCn1cccc1.I. The molecule has 156 valence electrons. The van der Waals surface area contributed by atoms with Crippen molar-refractivity contribution in [1.29, 1.82) is 0 Å². The number of guanidine groups is 1. The predicted octanol–water partition coefficient (Wildman–Crippen LogP) is 3.51. The van der Waals surface area contributed by atoms with E-state index in [1.807, 2.05) is 37.5 Å². The zero-order valence-electron chi connectivity index (χ0n) is 16.0. The Hall–Kier alpha value is -2.04. The van der Waals surface area contributed by atoms with E-state index in [0.29, 0.717) is 13.0 Å². The van der Waals surface area contributed by atoms with Gasteiger partial charge in [0.2, 0.25) is 0 Å². The molecule has 0 aliphatic heterocycles. The summed E-state index contributed by atoms with van der Waals surface area (Å²) in [6.45, 7) is 1.96. The minimum atomic E-state index is -2.89. The zero-order valence-corrected chi connectivity index (χ0v) is 18.4. The number of benzene rings is 1. The van der Waals surface area contributed by atoms with Crippen LogP contribution >= 0.6 is 24.0 Å². The number of methoxy groups -OCH3 is 1. The van der Waals surface area contributed by atoms with Crippen molar-refractivity contribution in [2.45, 2.75) is 26.5 Å². The van der Waals surface area contributed by atoms with Gasteiger partial charge >= 0.3 is 6.61 Å². The van der Waals surface area contributed by atoms with Gasteiger partial charge in [0.05, 0.1) is 7.11 Å². The largest absolute Gasteiger partial charge is 0.493 e. The van der Waals surface area contributed by atoms with Gasteiger partial charge in [0, 0.05) is 38.6 Å². The zero-order chi connectivity index (χ0) is 19.5. The van der Waals surface area contributed by atoms with Crippen LogP contribution in [0.4, 0.5) is 8.78 Å². The number of nitrogens with zero attached hydrogens (tertiary/aromatic N) is 2. The number of alkyl halides is 2. The molecule has 0 atom stereocenters. The average Bonchev–Trinajstić information content (AvgIpc) is 3.15. The maximum atomic E-state index is 12.5. The van der Waals surface area contributed by atoms with Crippen LogP contribution in [0, 0.1) is 0 Å². The third-order valence-corrected chi connectivity index (χ3v) is 3.79. The van der Waals surface area contributed by atoms with Crippen LogP contribution in [0.15, 0.2) is 47.7 Å². The van der Waals surface area contributed by atoms with Crippen molar-refractivity contribution in [2.24, 2.45) is 4.99 Å². The summed E-state index contributed by atoms with van der Waals surface area (Å²) >= 11 is 0. The van der Waals surface area contributed by atoms with Crippen molar-refractivity contribution < 1.29 is 18.3 Å². The maximum absolute atomic E-state index is 12.5. The summed E-state index contributed by atoms with van der Waals surface area (Å²) in [6.07, 6.45) is 4.61. The van der Waals surface area contributed by atoms with Crippen LogP contribution in [0.25, 0.3) is 0 Å². The Bertz CT molecular complexity index is 712. The number of hydrogen-bond donors (Lipinski definition) is 2. The molecular weight excluding hydrogens is 481 g/mol. The van der Waals surface area contributed by atoms with Gasteiger partial charge in [0.15, 0.2) is 17.5 Å². The molecule has 2 rings (SSSR count). The maximum Gasteiger partial charge on any atom is 0.387 e. The van der Waals surface area contributed by atoms with Gasteiger partial charge in [-0.3, -0.25) is 4.99 Å². The molecule has 0 amide bonds. The van der Waals surface area contributed by atoms with E-state index in [4.69, 9.17) is 4.74 Å². The number of nitrogens with one attached hydrogen (secondary N) is 2. The second-order valence-corrected chi connectivity index (χ2v) is 5.72. The quantitative estimate of drug-likeness (QED) is 0.293. The summed E-state index contributed by atoms with van der Waals surface area (Å²) in [5, 5.41) is 6.47. The number of rotatable bonds is 10. The van der Waals surface area contributed by atoms with Crippen LogP contribution in [-0.2, 0) is 13.0 Å². The molecule has 0 spiro atoms. The first-order valence-corrected chi connectivity index (χ1v) is 8.87. The fraction of sp³-hybridized carbons (Fsp3) is 0.421. The Morgan fingerprint density at radius 1 is 1.18 bits per heavy atom. The lowest BCUT2D eigenvalue weighted by atomic mass is 10.1. The van der Waals surface area contributed by atoms with E-state index in [9.17, 15) is 8.78 Å². The minimum Gasteiger partial charge on any atom is -0.493 e. The lowest BCUT2D eigenvalue weighted by Crippen LogP contribution is -2.39. The number of aromatic nitrogens is 1. The highest BCUT2D eigenvalue weighted by molar-refractivity contribution is 14.0. The van der Waals surface area contributed by atoms with Crippen LogP contribution in [0.1, 0.15) is 12.5 Å². The molecular formula is C19H27F2IN4O2. The molecule has 0 radical (unpaired) electrons. The predicted molar refractivity (Wildman–Crippen MR) is 117 cm³/mol. The summed E-state index contributed by atoms with van der Waals surface area (Å²) in [4.78, 5) is 4.53. The molecule has 2 N–H and O–H groups in total. The topological polar surface area (TPSA) is 59.8 Å². The molecule has 1 heterocycles. The first-order chi connectivity index (χ1) is 13.1. The minimum absolute atomic E-state index is 0. The van der Waals surface area contributed by atoms with E-state index >= 15 is 0 Å². The number of ether oxygens (including phenoxy) is 2. The second-order valence-electron chi connectivity index (χ2n) is 5.72. The van der Waals surface area contributed by atoms with E-state index < -0.39 is 6.61 Å². The standard InChI is InChI=1S/C19H26F2N4O2.HI/c1-3-22-19(24-10-13-25-11-4-5-12-25)23-9-8-15-6-7-16(26-2)17(14-15)27-18(20)21;/h4-7,11-12,14,18H,3,8-10,13H2,1-2H3,(H2,22,23,24);1H. The number of halogens is 3. The summed E-state index contributed by atoms with van der Waals surface area (Å²) in [7, 11) is 1.42. The van der Waals surface area contributed by atoms with Gasteiger partial charge < -0.3 is 24.7 Å². The number of hydrogen-bond acceptors (Lipinski definition) is 3. The van der Waals surface area contributed by atoms with Gasteiger partial charge in [0.1, 0.15) is 0 Å².